The standard InChI is InChI=1S/C19H15N5O3S/c25-17(20-15-8-3-6-13-5-1-2-7-14(13)15)12-27-18(26)11-24-22-19(21-23-24)16-9-4-10-28-16/h1-10H,11-12H2,(H,20,25). The van der Waals surface area contributed by atoms with Crippen LogP contribution in [0.1, 0.15) is 0 Å². The molecule has 9 heteroatoms. The van der Waals surface area contributed by atoms with Gasteiger partial charge in [-0.1, -0.05) is 42.5 Å². The number of carbonyl (C=O) groups is 2. The molecule has 0 saturated heterocycles. The summed E-state index contributed by atoms with van der Waals surface area (Å²) in [6, 6.07) is 17.1. The molecule has 0 radical (unpaired) electrons. The fraction of sp³-hybridized carbons (Fsp3) is 0.105. The number of rotatable bonds is 6. The number of benzene rings is 2. The van der Waals surface area contributed by atoms with Crippen LogP contribution in [0.2, 0.25) is 0 Å². The number of fused-ring (bicyclic) bond motifs is 1. The van der Waals surface area contributed by atoms with Gasteiger partial charge in [0.05, 0.1) is 4.88 Å². The van der Waals surface area contributed by atoms with Crippen LogP contribution >= 0.6 is 11.3 Å². The molecule has 0 spiro atoms. The van der Waals surface area contributed by atoms with Crippen LogP contribution in [0.25, 0.3) is 21.5 Å². The van der Waals surface area contributed by atoms with Gasteiger partial charge in [0.15, 0.2) is 13.2 Å². The number of amides is 1. The van der Waals surface area contributed by atoms with Gasteiger partial charge in [-0.05, 0) is 28.1 Å². The molecule has 0 saturated carbocycles. The fourth-order valence-corrected chi connectivity index (χ4v) is 3.29. The fourth-order valence-electron chi connectivity index (χ4n) is 2.64. The molecule has 2 aromatic carbocycles. The van der Waals surface area contributed by atoms with Crippen molar-refractivity contribution in [3.8, 4) is 10.7 Å². The van der Waals surface area contributed by atoms with Gasteiger partial charge in [-0.2, -0.15) is 4.80 Å². The van der Waals surface area contributed by atoms with E-state index in [1.807, 2.05) is 53.9 Å². The maximum Gasteiger partial charge on any atom is 0.330 e. The lowest BCUT2D eigenvalue weighted by molar-refractivity contribution is -0.148. The molecular formula is C19H15N5O3S. The molecule has 0 bridgehead atoms. The third-order valence-electron chi connectivity index (χ3n) is 3.89. The Labute approximate surface area is 163 Å². The zero-order chi connectivity index (χ0) is 19.3. The second kappa shape index (κ2) is 7.97. The Bertz CT molecular complexity index is 1120. The Hall–Kier alpha value is -3.59. The second-order valence-corrected chi connectivity index (χ2v) is 6.80. The minimum Gasteiger partial charge on any atom is -0.454 e. The highest BCUT2D eigenvalue weighted by atomic mass is 32.1. The Kier molecular flexibility index (Phi) is 5.07. The quantitative estimate of drug-likeness (QED) is 0.506. The number of hydrogen-bond acceptors (Lipinski definition) is 7. The predicted molar refractivity (Wildman–Crippen MR) is 105 cm³/mol. The van der Waals surface area contributed by atoms with Gasteiger partial charge in [-0.15, -0.1) is 21.5 Å². The van der Waals surface area contributed by atoms with Crippen LogP contribution in [0.4, 0.5) is 5.69 Å². The molecule has 4 aromatic rings. The van der Waals surface area contributed by atoms with Crippen LogP contribution in [-0.4, -0.2) is 38.7 Å². The molecular weight excluding hydrogens is 378 g/mol. The van der Waals surface area contributed by atoms with E-state index in [9.17, 15) is 9.59 Å². The lowest BCUT2D eigenvalue weighted by Gasteiger charge is -2.09. The van der Waals surface area contributed by atoms with Crippen molar-refractivity contribution in [1.29, 1.82) is 0 Å². The molecule has 8 nitrogen and oxygen atoms in total. The van der Waals surface area contributed by atoms with E-state index in [1.165, 1.54) is 11.3 Å². The van der Waals surface area contributed by atoms with Crippen LogP contribution in [0.3, 0.4) is 0 Å². The van der Waals surface area contributed by atoms with Crippen molar-refractivity contribution < 1.29 is 14.3 Å². The van der Waals surface area contributed by atoms with Gasteiger partial charge in [-0.3, -0.25) is 4.79 Å². The number of aromatic nitrogens is 4. The van der Waals surface area contributed by atoms with Gasteiger partial charge in [0.25, 0.3) is 5.91 Å². The Morgan fingerprint density at radius 2 is 1.93 bits per heavy atom. The molecule has 0 aliphatic rings. The highest BCUT2D eigenvalue weighted by Gasteiger charge is 2.13. The maximum atomic E-state index is 12.1. The van der Waals surface area contributed by atoms with Gasteiger partial charge in [-0.25, -0.2) is 4.79 Å². The van der Waals surface area contributed by atoms with Crippen molar-refractivity contribution in [2.24, 2.45) is 0 Å². The van der Waals surface area contributed by atoms with Gasteiger partial charge in [0.1, 0.15) is 0 Å². The zero-order valence-corrected chi connectivity index (χ0v) is 15.4. The van der Waals surface area contributed by atoms with Crippen LogP contribution in [-0.2, 0) is 20.9 Å². The molecule has 0 aliphatic heterocycles. The molecule has 2 heterocycles. The van der Waals surface area contributed by atoms with Crippen LogP contribution in [0, 0.1) is 0 Å². The number of tetrazole rings is 1. The van der Waals surface area contributed by atoms with E-state index >= 15 is 0 Å². The summed E-state index contributed by atoms with van der Waals surface area (Å²) in [5.41, 5.74) is 0.665. The zero-order valence-electron chi connectivity index (χ0n) is 14.6. The SMILES string of the molecule is O=C(COC(=O)Cn1nnc(-c2cccs2)n1)Nc1cccc2ccccc12. The van der Waals surface area contributed by atoms with E-state index in [1.54, 1.807) is 6.07 Å². The molecule has 0 unspecified atom stereocenters. The molecule has 140 valence electrons. The van der Waals surface area contributed by atoms with E-state index in [-0.39, 0.29) is 6.54 Å². The summed E-state index contributed by atoms with van der Waals surface area (Å²) in [6.45, 7) is -0.617. The number of thiophene rings is 1. The van der Waals surface area contributed by atoms with E-state index in [0.717, 1.165) is 20.4 Å². The lowest BCUT2D eigenvalue weighted by Crippen LogP contribution is -2.23. The number of anilines is 1. The maximum absolute atomic E-state index is 12.1. The summed E-state index contributed by atoms with van der Waals surface area (Å²) in [7, 11) is 0. The number of carbonyl (C=O) groups excluding carboxylic acids is 2. The number of nitrogens with one attached hydrogen (secondary N) is 1. The first kappa shape index (κ1) is 17.8. The number of ether oxygens (including phenoxy) is 1. The Balaban J connectivity index is 1.31. The van der Waals surface area contributed by atoms with E-state index < -0.39 is 18.5 Å². The predicted octanol–water partition coefficient (Wildman–Crippen LogP) is 2.74. The molecule has 0 fully saturated rings. The third kappa shape index (κ3) is 4.04. The average Bonchev–Trinajstić information content (AvgIpc) is 3.38. The minimum absolute atomic E-state index is 0.222. The summed E-state index contributed by atoms with van der Waals surface area (Å²) in [6.07, 6.45) is 0. The summed E-state index contributed by atoms with van der Waals surface area (Å²) < 4.78 is 5.02. The summed E-state index contributed by atoms with van der Waals surface area (Å²) >= 11 is 1.48. The molecule has 1 N–H and O–H groups in total. The highest BCUT2D eigenvalue weighted by Crippen LogP contribution is 2.23. The number of nitrogens with zero attached hydrogens (tertiary/aromatic N) is 4. The molecule has 4 rings (SSSR count). The van der Waals surface area contributed by atoms with E-state index in [4.69, 9.17) is 4.74 Å². The molecule has 2 aromatic heterocycles. The molecule has 1 amide bonds. The van der Waals surface area contributed by atoms with Crippen molar-refractivity contribution in [3.05, 3.63) is 60.0 Å². The highest BCUT2D eigenvalue weighted by molar-refractivity contribution is 7.13. The van der Waals surface area contributed by atoms with Crippen molar-refractivity contribution in [1.82, 2.24) is 20.2 Å². The lowest BCUT2D eigenvalue weighted by atomic mass is 10.1. The van der Waals surface area contributed by atoms with E-state index in [2.05, 4.69) is 20.7 Å². The Morgan fingerprint density at radius 1 is 1.07 bits per heavy atom. The van der Waals surface area contributed by atoms with Crippen molar-refractivity contribution in [2.45, 2.75) is 6.54 Å². The van der Waals surface area contributed by atoms with Gasteiger partial charge in [0.2, 0.25) is 5.82 Å². The first-order valence-corrected chi connectivity index (χ1v) is 9.32. The van der Waals surface area contributed by atoms with Crippen molar-refractivity contribution in [2.75, 3.05) is 11.9 Å². The largest absolute Gasteiger partial charge is 0.454 e. The summed E-state index contributed by atoms with van der Waals surface area (Å²) in [5, 5.41) is 18.4. The first-order chi connectivity index (χ1) is 13.7. The monoisotopic (exact) mass is 393 g/mol. The van der Waals surface area contributed by atoms with Gasteiger partial charge < -0.3 is 10.1 Å². The van der Waals surface area contributed by atoms with Gasteiger partial charge in [0, 0.05) is 11.1 Å². The average molecular weight is 393 g/mol. The van der Waals surface area contributed by atoms with Crippen molar-refractivity contribution in [3.63, 3.8) is 0 Å². The van der Waals surface area contributed by atoms with Crippen LogP contribution in [0.5, 0.6) is 0 Å². The summed E-state index contributed by atoms with van der Waals surface area (Å²) in [4.78, 5) is 26.1. The van der Waals surface area contributed by atoms with Crippen LogP contribution in [0.15, 0.2) is 60.0 Å². The summed E-state index contributed by atoms with van der Waals surface area (Å²) in [5.74, 6) is -0.602. The molecule has 0 atom stereocenters. The first-order valence-electron chi connectivity index (χ1n) is 8.44. The van der Waals surface area contributed by atoms with Crippen molar-refractivity contribution >= 4 is 39.7 Å². The molecule has 28 heavy (non-hydrogen) atoms. The van der Waals surface area contributed by atoms with E-state index in [0.29, 0.717) is 11.5 Å². The smallest absolute Gasteiger partial charge is 0.330 e. The van der Waals surface area contributed by atoms with Gasteiger partial charge >= 0.3 is 5.97 Å². The topological polar surface area (TPSA) is 99.0 Å². The number of esters is 1. The minimum atomic E-state index is -0.622. The Morgan fingerprint density at radius 3 is 2.79 bits per heavy atom. The third-order valence-corrected chi connectivity index (χ3v) is 4.76. The number of hydrogen-bond donors (Lipinski definition) is 1. The molecule has 0 aliphatic carbocycles. The van der Waals surface area contributed by atoms with Crippen LogP contribution < -0.4 is 5.32 Å². The second-order valence-electron chi connectivity index (χ2n) is 5.86. The normalized spacial score (nSPS) is 10.7.